The third kappa shape index (κ3) is 74.1. The molecule has 91 heavy (non-hydrogen) atoms. The molecule has 0 radical (unpaired) electrons. The lowest BCUT2D eigenvalue weighted by atomic mass is 10.7. The number of furan rings is 1. The average Bonchev–Trinajstić information content (AvgIpc) is 4.50. The molecule has 0 aliphatic carbocycles. The van der Waals surface area contributed by atoms with Crippen LogP contribution in [-0.2, 0) is 0 Å². The van der Waals surface area contributed by atoms with Gasteiger partial charge in [-0.3, -0.25) is 20.2 Å². The number of imidazole rings is 1. The molecule has 0 amide bonds. The van der Waals surface area contributed by atoms with Gasteiger partial charge < -0.3 is 32.3 Å². The lowest BCUT2D eigenvalue weighted by molar-refractivity contribution is 0.393. The van der Waals surface area contributed by atoms with Crippen LogP contribution in [-0.4, -0.2) is 165 Å². The SMILES string of the molecule is C.C1=NC=NC1.c1c[nH]cn1.c1cc[nH]c1.c1ccoc1.c1ccsc1.c1cn[nH]c1.c1cn[nH]n1.c1cnoc1.c1cnsc1.c1cocn1.c1conn1.c1cscn1.c1csnn1.c1nc[nH]n1.c1ncsn1.c1nn[nH]n1.c1nnco1.c1nncs1. The molecule has 6 N–H and O–H groups in total. The van der Waals surface area contributed by atoms with E-state index in [0.29, 0.717) is 0 Å². The summed E-state index contributed by atoms with van der Waals surface area (Å²) in [6.07, 6.45) is 46.0. The van der Waals surface area contributed by atoms with Crippen molar-refractivity contribution < 1.29 is 22.3 Å². The molecule has 18 rings (SSSR count). The van der Waals surface area contributed by atoms with Crippen molar-refractivity contribution >= 4 is 81.2 Å². The molecule has 17 aromatic heterocycles. The van der Waals surface area contributed by atoms with Crippen LogP contribution >= 0.6 is 68.6 Å². The Morgan fingerprint density at radius 2 is 1.25 bits per heavy atom. The van der Waals surface area contributed by atoms with Gasteiger partial charge in [0.25, 0.3) is 0 Å². The Morgan fingerprint density at radius 3 is 1.45 bits per heavy atom. The van der Waals surface area contributed by atoms with Crippen LogP contribution in [0.25, 0.3) is 0 Å². The zero-order chi connectivity index (χ0) is 63.6. The van der Waals surface area contributed by atoms with Crippen LogP contribution < -0.4 is 0 Å². The van der Waals surface area contributed by atoms with Gasteiger partial charge in [0, 0.05) is 77.2 Å². The van der Waals surface area contributed by atoms with Gasteiger partial charge in [0.05, 0.1) is 68.1 Å². The maximum Gasteiger partial charge on any atom is 0.203 e. The van der Waals surface area contributed by atoms with Gasteiger partial charge in [0.15, 0.2) is 12.7 Å². The van der Waals surface area contributed by atoms with Crippen molar-refractivity contribution in [2.75, 3.05) is 6.54 Å². The molecule has 0 saturated heterocycles. The number of H-pyrrole nitrogens is 6. The number of hydrogen-bond acceptors (Lipinski definition) is 36. The number of nitrogens with zero attached hydrogens (tertiary/aromatic N) is 25. The number of thiophene rings is 1. The normalized spacial score (nSPS) is 8.44. The molecule has 0 atom stereocenters. The van der Waals surface area contributed by atoms with E-state index < -0.39 is 0 Å². The number of rotatable bonds is 0. The van der Waals surface area contributed by atoms with Gasteiger partial charge >= 0.3 is 0 Å². The monoisotopic (exact) mass is 1350 g/mol. The summed E-state index contributed by atoms with van der Waals surface area (Å²) in [7, 11) is 0. The van der Waals surface area contributed by atoms with Crippen molar-refractivity contribution in [2.24, 2.45) is 9.98 Å². The molecule has 0 saturated carbocycles. The van der Waals surface area contributed by atoms with Crippen molar-refractivity contribution in [3.05, 3.63) is 272 Å². The second kappa shape index (κ2) is 76.0. The average molecular weight is 1350 g/mol. The van der Waals surface area contributed by atoms with Crippen molar-refractivity contribution in [1.82, 2.24) is 146 Å². The second-order valence-electron chi connectivity index (χ2n) is 12.3. The minimum absolute atomic E-state index is 0. The number of tetrazole rings is 1. The highest BCUT2D eigenvalue weighted by molar-refractivity contribution is 7.08. The van der Waals surface area contributed by atoms with E-state index in [2.05, 4.69) is 178 Å². The van der Waals surface area contributed by atoms with Crippen LogP contribution in [0.3, 0.4) is 0 Å². The first kappa shape index (κ1) is 79.0. The lowest BCUT2D eigenvalue weighted by Crippen LogP contribution is -1.65. The standard InChI is InChI=1S/C4H5N.C4H4O.C4H4S.3C3H4N2.2C3H3NO.2C3H3NS.2C2H3N3.2C2H2N2O.3C2H2N2S.CH2N4.CH4/c3*1-2-4-5-3-1;2*1-2-5-3-4-1;1-2-4-5-3-1;1-2-5-3-4-1;1-2-4-5-3-1;1-2-5-3-4-1;1-2-4-5-3-1;1-3-2-5-4-1;1-2-4-5-3-1;1-3-4-2-5-1;1-2-5-4-3-1;1-3-4-2-5-1;1-3-2-5-4-1;1-2-5-4-3-1;1-2-4-5-3-1;/h1-5H;2*1-4H;1,3H,2H2;2*1-3H,(H,4,5);4*1-3H;2*1-2H,(H,3,4,5);5*1-2H;1H,(H,2,3,4,5);1H4. The molecule has 0 bridgehead atoms. The molecule has 36 nitrogen and oxygen atoms in total. The number of oxazole rings is 1. The Kier molecular flexibility index (Phi) is 66.0. The summed E-state index contributed by atoms with van der Waals surface area (Å²) in [5.41, 5.74) is 6.83. The smallest absolute Gasteiger partial charge is 0.203 e. The fourth-order valence-corrected chi connectivity index (χ4v) is 5.22. The minimum atomic E-state index is 0. The number of aromatic nitrogens is 29. The highest BCUT2D eigenvalue weighted by Crippen LogP contribution is 1.92. The van der Waals surface area contributed by atoms with Crippen LogP contribution in [0.15, 0.2) is 305 Å². The van der Waals surface area contributed by atoms with Gasteiger partial charge in [-0.05, 0) is 87.8 Å². The van der Waals surface area contributed by atoms with E-state index in [9.17, 15) is 0 Å². The van der Waals surface area contributed by atoms with Crippen molar-refractivity contribution in [3.63, 3.8) is 0 Å². The van der Waals surface area contributed by atoms with E-state index in [0.717, 1.165) is 6.54 Å². The molecule has 0 aromatic carbocycles. The van der Waals surface area contributed by atoms with E-state index in [4.69, 9.17) is 0 Å². The first-order chi connectivity index (χ1) is 45.0. The molecule has 1 aliphatic rings. The fourth-order valence-electron chi connectivity index (χ4n) is 3.24. The van der Waals surface area contributed by atoms with E-state index in [1.807, 2.05) is 87.8 Å². The number of nitrogens with one attached hydrogen (secondary N) is 6. The van der Waals surface area contributed by atoms with Crippen molar-refractivity contribution in [2.45, 2.75) is 7.43 Å². The molecule has 17 aromatic rings. The maximum atomic E-state index is 4.58. The first-order valence-corrected chi connectivity index (χ1v) is 29.3. The summed E-state index contributed by atoms with van der Waals surface area (Å²) in [4.78, 5) is 31.2. The summed E-state index contributed by atoms with van der Waals surface area (Å²) in [5, 5.41) is 70.3. The fraction of sp³-hybridized carbons (Fsp3) is 0.0408. The molecule has 476 valence electrons. The molecule has 0 fully saturated rings. The van der Waals surface area contributed by atoms with E-state index in [1.165, 1.54) is 115 Å². The Morgan fingerprint density at radius 1 is 0.396 bits per heavy atom. The molecular weight excluding hydrogens is 1300 g/mol. The Balaban J connectivity index is 0.000000942. The number of thiazole rings is 1. The summed E-state index contributed by atoms with van der Waals surface area (Å²) in [5.74, 6) is 0. The third-order valence-electron chi connectivity index (χ3n) is 6.33. The van der Waals surface area contributed by atoms with E-state index >= 15 is 0 Å². The number of aliphatic imine (C=N–C) groups is 2. The maximum absolute atomic E-state index is 4.58. The number of aromatic amines is 6. The second-order valence-corrected chi connectivity index (χ2v) is 16.6. The van der Waals surface area contributed by atoms with Crippen LogP contribution in [0.5, 0.6) is 0 Å². The molecule has 1 aliphatic heterocycles. The molecule has 18 heterocycles. The van der Waals surface area contributed by atoms with Gasteiger partial charge in [-0.1, -0.05) is 34.4 Å². The number of hydrogen-bond donors (Lipinski definition) is 6. The lowest BCUT2D eigenvalue weighted by Gasteiger charge is -1.56. The van der Waals surface area contributed by atoms with Crippen molar-refractivity contribution in [3.8, 4) is 0 Å². The Labute approximate surface area is 542 Å². The van der Waals surface area contributed by atoms with Gasteiger partial charge in [-0.15, -0.1) is 63.5 Å². The highest BCUT2D eigenvalue weighted by atomic mass is 32.1. The molecule has 0 unspecified atom stereocenters. The van der Waals surface area contributed by atoms with Gasteiger partial charge in [-0.2, -0.15) is 46.5 Å². The van der Waals surface area contributed by atoms with Crippen LogP contribution in [0.4, 0.5) is 0 Å². The predicted molar refractivity (Wildman–Crippen MR) is 342 cm³/mol. The van der Waals surface area contributed by atoms with Crippen LogP contribution in [0.2, 0.25) is 0 Å². The Bertz CT molecular complexity index is 2200. The molecule has 0 spiro atoms. The topological polar surface area (TPSA) is 482 Å². The van der Waals surface area contributed by atoms with Crippen LogP contribution in [0.1, 0.15) is 7.43 Å². The van der Waals surface area contributed by atoms with Gasteiger partial charge in [-0.25, -0.2) is 29.3 Å². The largest absolute Gasteiger partial charge is 0.473 e. The quantitative estimate of drug-likeness (QED) is 0.0822. The molecule has 42 heteroatoms. The van der Waals surface area contributed by atoms with Gasteiger partial charge in [0.2, 0.25) is 12.8 Å². The van der Waals surface area contributed by atoms with Gasteiger partial charge in [0.1, 0.15) is 60.6 Å². The van der Waals surface area contributed by atoms with Crippen molar-refractivity contribution in [1.29, 1.82) is 0 Å². The van der Waals surface area contributed by atoms with E-state index in [1.54, 1.807) is 150 Å². The zero-order valence-electron chi connectivity index (χ0n) is 46.5. The summed E-state index contributed by atoms with van der Waals surface area (Å²) in [6, 6.07) is 17.1. The zero-order valence-corrected chi connectivity index (χ0v) is 51.4. The van der Waals surface area contributed by atoms with Crippen LogP contribution in [0, 0.1) is 0 Å². The molecular formula is C49H59N31O5S6. The third-order valence-corrected chi connectivity index (χ3v) is 9.30. The first-order valence-electron chi connectivity index (χ1n) is 23.9. The Hall–Kier alpha value is -12.0. The highest BCUT2D eigenvalue weighted by Gasteiger charge is 1.74. The summed E-state index contributed by atoms with van der Waals surface area (Å²) in [6.45, 7) is 0.778. The summed E-state index contributed by atoms with van der Waals surface area (Å²) >= 11 is 8.97. The van der Waals surface area contributed by atoms with E-state index in [-0.39, 0.29) is 7.43 Å². The summed E-state index contributed by atoms with van der Waals surface area (Å²) < 4.78 is 32.9. The predicted octanol–water partition coefficient (Wildman–Crippen LogP) is 9.79. The minimum Gasteiger partial charge on any atom is -0.473 e.